The average molecular weight is 432 g/mol. The molecule has 0 spiro atoms. The van der Waals surface area contributed by atoms with Crippen LogP contribution in [0.5, 0.6) is 0 Å². The first-order chi connectivity index (χ1) is 12.4. The van der Waals surface area contributed by atoms with E-state index in [0.29, 0.717) is 6.07 Å². The van der Waals surface area contributed by atoms with Crippen molar-refractivity contribution in [2.75, 3.05) is 0 Å². The number of hydrogen-bond acceptors (Lipinski definition) is 3. The third kappa shape index (κ3) is 3.74. The van der Waals surface area contributed by atoms with Gasteiger partial charge in [0.2, 0.25) is 11.7 Å². The van der Waals surface area contributed by atoms with Crippen molar-refractivity contribution in [3.8, 4) is 11.1 Å². The van der Waals surface area contributed by atoms with Crippen molar-refractivity contribution < 1.29 is 39.6 Å². The van der Waals surface area contributed by atoms with E-state index in [0.717, 1.165) is 0 Å². The topological polar surface area (TPSA) is 63.2 Å². The number of sulfonamides is 1. The van der Waals surface area contributed by atoms with E-state index in [1.807, 2.05) is 0 Å². The van der Waals surface area contributed by atoms with Crippen LogP contribution < -0.4 is 4.72 Å². The van der Waals surface area contributed by atoms with Crippen molar-refractivity contribution in [3.63, 3.8) is 0 Å². The Kier molecular flexibility index (Phi) is 5.76. The summed E-state index contributed by atoms with van der Waals surface area (Å²) >= 11 is 5.60. The molecule has 0 saturated heterocycles. The Labute approximate surface area is 153 Å². The highest BCUT2D eigenvalue weighted by molar-refractivity contribution is 7.90. The van der Waals surface area contributed by atoms with E-state index in [1.165, 1.54) is 6.92 Å². The Morgan fingerprint density at radius 3 is 1.93 bits per heavy atom. The molecule has 146 valence electrons. The van der Waals surface area contributed by atoms with E-state index in [2.05, 4.69) is 0 Å². The molecule has 0 atom stereocenters. The fraction of sp³-hybridized carbons (Fsp3) is 0.133. The maximum atomic E-state index is 14.1. The van der Waals surface area contributed by atoms with E-state index < -0.39 is 71.9 Å². The molecule has 1 amide bonds. The van der Waals surface area contributed by atoms with Gasteiger partial charge in [-0.2, -0.15) is 0 Å². The fourth-order valence-electron chi connectivity index (χ4n) is 2.05. The molecule has 4 nitrogen and oxygen atoms in total. The summed E-state index contributed by atoms with van der Waals surface area (Å²) in [7, 11) is -4.71. The lowest BCUT2D eigenvalue weighted by atomic mass is 10.0. The monoisotopic (exact) mass is 431 g/mol. The van der Waals surface area contributed by atoms with Gasteiger partial charge in [-0.1, -0.05) is 18.5 Å². The molecule has 2 aromatic rings. The zero-order valence-corrected chi connectivity index (χ0v) is 14.7. The predicted octanol–water partition coefficient (Wildman–Crippen LogP) is 4.06. The SMILES string of the molecule is CCC(=O)NS(=O)(=O)c1cc(-c2c(F)c(F)c(F)c(F)c2F)c(F)cc1Cl. The van der Waals surface area contributed by atoms with Crippen LogP contribution in [0.3, 0.4) is 0 Å². The van der Waals surface area contributed by atoms with Crippen molar-refractivity contribution in [1.82, 2.24) is 4.72 Å². The Hall–Kier alpha value is -2.27. The molecule has 0 radical (unpaired) electrons. The molecular weight excluding hydrogens is 424 g/mol. The summed E-state index contributed by atoms with van der Waals surface area (Å²) in [6.07, 6.45) is -0.261. The van der Waals surface area contributed by atoms with Gasteiger partial charge >= 0.3 is 0 Å². The second kappa shape index (κ2) is 7.39. The van der Waals surface area contributed by atoms with Gasteiger partial charge in [0.05, 0.1) is 10.6 Å². The fourth-order valence-corrected chi connectivity index (χ4v) is 3.64. The smallest absolute Gasteiger partial charge is 0.265 e. The van der Waals surface area contributed by atoms with Crippen LogP contribution in [0, 0.1) is 34.9 Å². The molecule has 0 aromatic heterocycles. The van der Waals surface area contributed by atoms with Crippen LogP contribution in [0.4, 0.5) is 26.3 Å². The van der Waals surface area contributed by atoms with Crippen LogP contribution >= 0.6 is 11.6 Å². The number of carbonyl (C=O) groups is 1. The third-order valence-corrected chi connectivity index (χ3v) is 5.20. The van der Waals surface area contributed by atoms with Crippen LogP contribution in [0.2, 0.25) is 5.02 Å². The van der Waals surface area contributed by atoms with E-state index >= 15 is 0 Å². The lowest BCUT2D eigenvalue weighted by Crippen LogP contribution is -2.30. The summed E-state index contributed by atoms with van der Waals surface area (Å²) in [5, 5.41) is -0.781. The molecular formula is C15H8ClF6NO3S. The van der Waals surface area contributed by atoms with Gasteiger partial charge in [-0.3, -0.25) is 4.79 Å². The van der Waals surface area contributed by atoms with Crippen LogP contribution in [0.1, 0.15) is 13.3 Å². The van der Waals surface area contributed by atoms with E-state index in [1.54, 1.807) is 4.72 Å². The number of amides is 1. The first kappa shape index (κ1) is 21.0. The second-order valence-electron chi connectivity index (χ2n) is 5.09. The molecule has 0 saturated carbocycles. The van der Waals surface area contributed by atoms with Gasteiger partial charge in [-0.15, -0.1) is 0 Å². The van der Waals surface area contributed by atoms with E-state index in [4.69, 9.17) is 11.6 Å². The lowest BCUT2D eigenvalue weighted by Gasteiger charge is -2.13. The second-order valence-corrected chi connectivity index (χ2v) is 7.15. The van der Waals surface area contributed by atoms with Gasteiger partial charge in [0, 0.05) is 12.0 Å². The van der Waals surface area contributed by atoms with Gasteiger partial charge in [-0.05, 0) is 12.1 Å². The van der Waals surface area contributed by atoms with Gasteiger partial charge in [0.15, 0.2) is 23.3 Å². The molecule has 0 aliphatic carbocycles. The number of nitrogens with one attached hydrogen (secondary N) is 1. The minimum absolute atomic E-state index is 0.261. The Balaban J connectivity index is 2.81. The van der Waals surface area contributed by atoms with Crippen molar-refractivity contribution in [3.05, 3.63) is 52.1 Å². The summed E-state index contributed by atoms with van der Waals surface area (Å²) in [5.41, 5.74) is -2.93. The molecule has 0 aliphatic heterocycles. The van der Waals surface area contributed by atoms with Crippen molar-refractivity contribution in [2.24, 2.45) is 0 Å². The first-order valence-corrected chi connectivity index (χ1v) is 8.85. The van der Waals surface area contributed by atoms with Gasteiger partial charge < -0.3 is 0 Å². The van der Waals surface area contributed by atoms with Crippen LogP contribution in [0.15, 0.2) is 17.0 Å². The van der Waals surface area contributed by atoms with E-state index in [9.17, 15) is 39.6 Å². The molecule has 2 rings (SSSR count). The highest BCUT2D eigenvalue weighted by Crippen LogP contribution is 2.36. The predicted molar refractivity (Wildman–Crippen MR) is 82.3 cm³/mol. The number of benzene rings is 2. The van der Waals surface area contributed by atoms with E-state index in [-0.39, 0.29) is 12.5 Å². The maximum Gasteiger partial charge on any atom is 0.265 e. The van der Waals surface area contributed by atoms with Crippen molar-refractivity contribution in [1.29, 1.82) is 0 Å². The normalized spacial score (nSPS) is 11.6. The van der Waals surface area contributed by atoms with Crippen LogP contribution in [-0.2, 0) is 14.8 Å². The zero-order chi connectivity index (χ0) is 20.7. The Morgan fingerprint density at radius 2 is 1.44 bits per heavy atom. The molecule has 27 heavy (non-hydrogen) atoms. The van der Waals surface area contributed by atoms with Gasteiger partial charge in [0.1, 0.15) is 10.7 Å². The maximum absolute atomic E-state index is 14.1. The third-order valence-electron chi connectivity index (χ3n) is 3.36. The summed E-state index contributed by atoms with van der Waals surface area (Å²) < 4.78 is 108. The van der Waals surface area contributed by atoms with Gasteiger partial charge in [0.25, 0.3) is 10.0 Å². The average Bonchev–Trinajstić information content (AvgIpc) is 2.59. The quantitative estimate of drug-likeness (QED) is 0.451. The van der Waals surface area contributed by atoms with Crippen molar-refractivity contribution in [2.45, 2.75) is 18.2 Å². The molecule has 0 bridgehead atoms. The van der Waals surface area contributed by atoms with Crippen LogP contribution in [0.25, 0.3) is 11.1 Å². The minimum atomic E-state index is -4.71. The molecule has 0 heterocycles. The highest BCUT2D eigenvalue weighted by Gasteiger charge is 2.30. The summed E-state index contributed by atoms with van der Waals surface area (Å²) in [6.45, 7) is 1.32. The molecule has 12 heteroatoms. The van der Waals surface area contributed by atoms with Crippen molar-refractivity contribution >= 4 is 27.5 Å². The summed E-state index contributed by atoms with van der Waals surface area (Å²) in [5.74, 6) is -14.4. The Morgan fingerprint density at radius 1 is 0.963 bits per heavy atom. The minimum Gasteiger partial charge on any atom is -0.274 e. The lowest BCUT2D eigenvalue weighted by molar-refractivity contribution is -0.119. The highest BCUT2D eigenvalue weighted by atomic mass is 35.5. The number of carbonyl (C=O) groups excluding carboxylic acids is 1. The molecule has 0 fully saturated rings. The van der Waals surface area contributed by atoms with Gasteiger partial charge in [-0.25, -0.2) is 39.5 Å². The Bertz CT molecular complexity index is 1030. The zero-order valence-electron chi connectivity index (χ0n) is 13.1. The largest absolute Gasteiger partial charge is 0.274 e. The summed E-state index contributed by atoms with van der Waals surface area (Å²) in [6, 6.07) is 0.571. The van der Waals surface area contributed by atoms with Crippen LogP contribution in [-0.4, -0.2) is 14.3 Å². The number of halogens is 7. The number of rotatable bonds is 4. The standard InChI is InChI=1S/C15H8ClF6NO3S/c1-2-9(24)23-27(25,26)8-3-5(7(17)4-6(8)16)10-11(18)13(20)15(22)14(21)12(10)19/h3-4H,2H2,1H3,(H,23,24). The molecule has 2 aromatic carbocycles. The number of hydrogen-bond donors (Lipinski definition) is 1. The summed E-state index contributed by atoms with van der Waals surface area (Å²) in [4.78, 5) is 10.3. The molecule has 1 N–H and O–H groups in total. The molecule has 0 aliphatic rings. The first-order valence-electron chi connectivity index (χ1n) is 6.98. The molecule has 0 unspecified atom stereocenters.